The topological polar surface area (TPSA) is 29.5 Å². The summed E-state index contributed by atoms with van der Waals surface area (Å²) >= 11 is 0. The molecule has 1 unspecified atom stereocenters. The van der Waals surface area contributed by atoms with Crippen LogP contribution in [0.3, 0.4) is 0 Å². The van der Waals surface area contributed by atoms with Gasteiger partial charge in [-0.3, -0.25) is 9.69 Å². The fraction of sp³-hybridized carbons (Fsp3) is 0.462. The van der Waals surface area contributed by atoms with Gasteiger partial charge in [0.05, 0.1) is 13.2 Å². The van der Waals surface area contributed by atoms with Crippen molar-refractivity contribution in [3.63, 3.8) is 0 Å². The Labute approximate surface area is 95.0 Å². The van der Waals surface area contributed by atoms with Gasteiger partial charge >= 0.3 is 0 Å². The third-order valence-electron chi connectivity index (χ3n) is 3.49. The molecular weight excluding hydrogens is 202 g/mol. The average Bonchev–Trinajstić information content (AvgIpc) is 2.69. The van der Waals surface area contributed by atoms with Crippen LogP contribution in [-0.2, 0) is 4.74 Å². The van der Waals surface area contributed by atoms with Crippen LogP contribution in [0.1, 0.15) is 28.4 Å². The van der Waals surface area contributed by atoms with Crippen LogP contribution in [-0.4, -0.2) is 37.0 Å². The number of morpholine rings is 1. The first-order valence-corrected chi connectivity index (χ1v) is 5.80. The molecule has 3 heteroatoms. The number of carbonyl (C=O) groups is 1. The fourth-order valence-electron chi connectivity index (χ4n) is 2.65. The van der Waals surface area contributed by atoms with Crippen molar-refractivity contribution in [3.8, 4) is 0 Å². The maximum absolute atomic E-state index is 11.9. The number of fused-ring (bicyclic) bond motifs is 1. The van der Waals surface area contributed by atoms with Crippen molar-refractivity contribution in [3.05, 3.63) is 35.4 Å². The molecule has 1 atom stereocenters. The number of ketones is 1. The van der Waals surface area contributed by atoms with Crippen molar-refractivity contribution in [1.29, 1.82) is 0 Å². The molecule has 16 heavy (non-hydrogen) atoms. The Morgan fingerprint density at radius 2 is 1.94 bits per heavy atom. The summed E-state index contributed by atoms with van der Waals surface area (Å²) < 4.78 is 5.35. The van der Waals surface area contributed by atoms with E-state index in [4.69, 9.17) is 4.74 Å². The molecule has 1 aromatic carbocycles. The van der Waals surface area contributed by atoms with E-state index in [-0.39, 0.29) is 11.8 Å². The van der Waals surface area contributed by atoms with Gasteiger partial charge in [-0.15, -0.1) is 0 Å². The smallest absolute Gasteiger partial charge is 0.165 e. The fourth-order valence-corrected chi connectivity index (χ4v) is 2.65. The first kappa shape index (κ1) is 10.00. The largest absolute Gasteiger partial charge is 0.379 e. The predicted octanol–water partition coefficient (Wildman–Crippen LogP) is 1.65. The van der Waals surface area contributed by atoms with E-state index in [0.717, 1.165) is 31.9 Å². The summed E-state index contributed by atoms with van der Waals surface area (Å²) in [5, 5.41) is 0. The van der Waals surface area contributed by atoms with Crippen LogP contribution in [0, 0.1) is 0 Å². The highest BCUT2D eigenvalue weighted by atomic mass is 16.5. The summed E-state index contributed by atoms with van der Waals surface area (Å²) in [4.78, 5) is 14.2. The van der Waals surface area contributed by atoms with Gasteiger partial charge in [-0.25, -0.2) is 0 Å². The normalized spacial score (nSPS) is 25.8. The Kier molecular flexibility index (Phi) is 2.50. The molecule has 0 spiro atoms. The zero-order chi connectivity index (χ0) is 11.0. The number of ether oxygens (including phenoxy) is 1. The van der Waals surface area contributed by atoms with Crippen molar-refractivity contribution in [2.75, 3.05) is 26.3 Å². The van der Waals surface area contributed by atoms with Crippen LogP contribution >= 0.6 is 0 Å². The minimum atomic E-state index is 0.284. The van der Waals surface area contributed by atoms with Gasteiger partial charge in [0, 0.05) is 31.1 Å². The number of Topliss-reactive ketones (excluding diaryl/α,β-unsaturated/α-hetero) is 1. The number of hydrogen-bond acceptors (Lipinski definition) is 3. The Morgan fingerprint density at radius 3 is 2.75 bits per heavy atom. The molecule has 1 saturated heterocycles. The highest BCUT2D eigenvalue weighted by molar-refractivity contribution is 6.01. The van der Waals surface area contributed by atoms with Crippen LogP contribution < -0.4 is 0 Å². The maximum atomic E-state index is 11.9. The Morgan fingerprint density at radius 1 is 1.19 bits per heavy atom. The molecule has 1 aliphatic carbocycles. The van der Waals surface area contributed by atoms with E-state index >= 15 is 0 Å². The number of benzene rings is 1. The van der Waals surface area contributed by atoms with Gasteiger partial charge in [-0.1, -0.05) is 24.3 Å². The molecule has 2 aliphatic rings. The molecule has 0 saturated carbocycles. The minimum absolute atomic E-state index is 0.284. The summed E-state index contributed by atoms with van der Waals surface area (Å²) in [7, 11) is 0. The van der Waals surface area contributed by atoms with E-state index in [1.165, 1.54) is 5.56 Å². The number of rotatable bonds is 1. The van der Waals surface area contributed by atoms with E-state index in [0.29, 0.717) is 6.42 Å². The molecule has 1 aromatic rings. The summed E-state index contributed by atoms with van der Waals surface area (Å²) in [6.07, 6.45) is 0.638. The van der Waals surface area contributed by atoms with Gasteiger partial charge in [0.25, 0.3) is 0 Å². The maximum Gasteiger partial charge on any atom is 0.165 e. The van der Waals surface area contributed by atoms with Gasteiger partial charge < -0.3 is 4.74 Å². The average molecular weight is 217 g/mol. The lowest BCUT2D eigenvalue weighted by atomic mass is 10.1. The molecule has 0 N–H and O–H groups in total. The predicted molar refractivity (Wildman–Crippen MR) is 60.5 cm³/mol. The van der Waals surface area contributed by atoms with E-state index in [1.54, 1.807) is 0 Å². The monoisotopic (exact) mass is 217 g/mol. The van der Waals surface area contributed by atoms with Gasteiger partial charge in [0.15, 0.2) is 5.78 Å². The molecule has 0 amide bonds. The van der Waals surface area contributed by atoms with Gasteiger partial charge in [-0.05, 0) is 5.56 Å². The van der Waals surface area contributed by atoms with Crippen molar-refractivity contribution >= 4 is 5.78 Å². The second-order valence-corrected chi connectivity index (χ2v) is 4.38. The number of carbonyl (C=O) groups excluding carboxylic acids is 1. The van der Waals surface area contributed by atoms with Crippen molar-refractivity contribution in [1.82, 2.24) is 4.90 Å². The molecule has 1 fully saturated rings. The van der Waals surface area contributed by atoms with E-state index < -0.39 is 0 Å². The first-order chi connectivity index (χ1) is 7.86. The Balaban J connectivity index is 1.90. The van der Waals surface area contributed by atoms with Crippen molar-refractivity contribution < 1.29 is 9.53 Å². The second-order valence-electron chi connectivity index (χ2n) is 4.38. The SMILES string of the molecule is O=C1CC(N2CCOCC2)c2ccccc21. The molecular formula is C13H15NO2. The van der Waals surface area contributed by atoms with Crippen LogP contribution in [0.15, 0.2) is 24.3 Å². The van der Waals surface area contributed by atoms with E-state index in [2.05, 4.69) is 11.0 Å². The van der Waals surface area contributed by atoms with E-state index in [9.17, 15) is 4.79 Å². The molecule has 3 rings (SSSR count). The van der Waals surface area contributed by atoms with Crippen LogP contribution in [0.5, 0.6) is 0 Å². The van der Waals surface area contributed by atoms with Crippen molar-refractivity contribution in [2.24, 2.45) is 0 Å². The summed E-state index contributed by atoms with van der Waals surface area (Å²) in [6, 6.07) is 8.27. The van der Waals surface area contributed by atoms with Gasteiger partial charge in [0.1, 0.15) is 0 Å². The minimum Gasteiger partial charge on any atom is -0.379 e. The lowest BCUT2D eigenvalue weighted by Gasteiger charge is -2.32. The summed E-state index contributed by atoms with van der Waals surface area (Å²) in [6.45, 7) is 3.44. The molecule has 1 heterocycles. The summed E-state index contributed by atoms with van der Waals surface area (Å²) in [5.74, 6) is 0.284. The zero-order valence-corrected chi connectivity index (χ0v) is 9.19. The molecule has 84 valence electrons. The number of nitrogens with zero attached hydrogens (tertiary/aromatic N) is 1. The second kappa shape index (κ2) is 4.00. The Hall–Kier alpha value is -1.19. The highest BCUT2D eigenvalue weighted by Gasteiger charge is 2.33. The molecule has 3 nitrogen and oxygen atoms in total. The standard InChI is InChI=1S/C13H15NO2/c15-13-9-12(14-5-7-16-8-6-14)10-3-1-2-4-11(10)13/h1-4,12H,5-9H2. The molecule has 0 radical (unpaired) electrons. The van der Waals surface area contributed by atoms with Crippen molar-refractivity contribution in [2.45, 2.75) is 12.5 Å². The lowest BCUT2D eigenvalue weighted by Crippen LogP contribution is -2.38. The molecule has 1 aliphatic heterocycles. The third kappa shape index (κ3) is 1.56. The molecule has 0 bridgehead atoms. The quantitative estimate of drug-likeness (QED) is 0.716. The molecule has 0 aromatic heterocycles. The van der Waals surface area contributed by atoms with Gasteiger partial charge in [-0.2, -0.15) is 0 Å². The Bertz CT molecular complexity index is 410. The third-order valence-corrected chi connectivity index (χ3v) is 3.49. The number of hydrogen-bond donors (Lipinski definition) is 0. The van der Waals surface area contributed by atoms with Crippen LogP contribution in [0.2, 0.25) is 0 Å². The summed E-state index contributed by atoms with van der Waals surface area (Å²) in [5.41, 5.74) is 2.12. The zero-order valence-electron chi connectivity index (χ0n) is 9.19. The first-order valence-electron chi connectivity index (χ1n) is 5.80. The van der Waals surface area contributed by atoms with Crippen LogP contribution in [0.25, 0.3) is 0 Å². The van der Waals surface area contributed by atoms with E-state index in [1.807, 2.05) is 18.2 Å². The highest BCUT2D eigenvalue weighted by Crippen LogP contribution is 2.35. The lowest BCUT2D eigenvalue weighted by molar-refractivity contribution is 0.0166. The van der Waals surface area contributed by atoms with Crippen LogP contribution in [0.4, 0.5) is 0 Å². The van der Waals surface area contributed by atoms with Gasteiger partial charge in [0.2, 0.25) is 0 Å².